The first kappa shape index (κ1) is 43.6. The van der Waals surface area contributed by atoms with E-state index in [0.717, 1.165) is 11.0 Å². The second-order valence-electron chi connectivity index (χ2n) is 13.3. The second-order valence-corrected chi connectivity index (χ2v) is 13.8. The highest BCUT2D eigenvalue weighted by atomic mass is 35.5. The van der Waals surface area contributed by atoms with Crippen LogP contribution in [0.4, 0.5) is 27.6 Å². The molecule has 3 atom stereocenters. The molecule has 0 radical (unpaired) electrons. The maximum absolute atomic E-state index is 15.0. The lowest BCUT2D eigenvalue weighted by Gasteiger charge is -2.28. The largest absolute Gasteiger partial charge is 0.497 e. The van der Waals surface area contributed by atoms with Gasteiger partial charge in [0, 0.05) is 36.9 Å². The number of carbonyl (C=O) groups excluding carboxylic acids is 5. The van der Waals surface area contributed by atoms with E-state index in [-0.39, 0.29) is 17.7 Å². The van der Waals surface area contributed by atoms with Crippen LogP contribution >= 0.6 is 11.6 Å². The summed E-state index contributed by atoms with van der Waals surface area (Å²) in [5.41, 5.74) is 1.41. The molecule has 1 saturated heterocycles. The summed E-state index contributed by atoms with van der Waals surface area (Å²) >= 11 is 6.19. The molecular weight excluding hydrogens is 769 g/mol. The van der Waals surface area contributed by atoms with Crippen molar-refractivity contribution in [3.05, 3.63) is 88.7 Å². The van der Waals surface area contributed by atoms with Gasteiger partial charge in [0.2, 0.25) is 11.7 Å². The molecule has 0 bridgehead atoms. The SMILES string of the molecule is COc1ccc([C@H](NC(=O)[C@H](Cc2cccc(Cl)c2)NC(=O)c2ccc(N3CCOCC3)cn2)C(=O)C[C@H](C(=O)C(F)(F)C(=O)NCC(F)(F)F)C(C)C)cc1. The van der Waals surface area contributed by atoms with Crippen molar-refractivity contribution in [1.29, 1.82) is 0 Å². The standard InChI is InChI=1S/C38H41ClF5N5O7/c1-22(2)28(33(51)38(43,44)36(54)46-21-37(40,41)42)19-31(50)32(24-7-10-27(55-3)11-8-24)48-35(53)30(18-23-5-4-6-25(39)17-23)47-34(52)29-12-9-26(20-45-29)49-13-15-56-16-14-49/h4-12,17,20,22,28,30,32H,13-16,18-19,21H2,1-3H3,(H,46,54)(H,47,52)(H,48,53)/t28-,30-,32-/m0/s1. The summed E-state index contributed by atoms with van der Waals surface area (Å²) in [7, 11) is 1.39. The Morgan fingerprint density at radius 1 is 0.946 bits per heavy atom. The van der Waals surface area contributed by atoms with Crippen LogP contribution in [0, 0.1) is 11.8 Å². The number of morpholine rings is 1. The lowest BCUT2D eigenvalue weighted by Crippen LogP contribution is -2.52. The van der Waals surface area contributed by atoms with E-state index in [1.165, 1.54) is 57.5 Å². The highest BCUT2D eigenvalue weighted by molar-refractivity contribution is 6.30. The van der Waals surface area contributed by atoms with Gasteiger partial charge in [-0.3, -0.25) is 24.0 Å². The van der Waals surface area contributed by atoms with Crippen LogP contribution in [0.1, 0.15) is 47.9 Å². The smallest absolute Gasteiger partial charge is 0.405 e. The van der Waals surface area contributed by atoms with E-state index in [2.05, 4.69) is 15.6 Å². The summed E-state index contributed by atoms with van der Waals surface area (Å²) < 4.78 is 78.4. The van der Waals surface area contributed by atoms with Gasteiger partial charge in [-0.25, -0.2) is 4.98 Å². The fraction of sp³-hybridized carbons (Fsp3) is 0.421. The number of benzene rings is 2. The van der Waals surface area contributed by atoms with Crippen LogP contribution in [0.25, 0.3) is 0 Å². The van der Waals surface area contributed by atoms with E-state index in [4.69, 9.17) is 21.1 Å². The van der Waals surface area contributed by atoms with Crippen molar-refractivity contribution >= 4 is 46.6 Å². The fourth-order valence-electron chi connectivity index (χ4n) is 5.86. The maximum atomic E-state index is 15.0. The third-order valence-electron chi connectivity index (χ3n) is 8.97. The van der Waals surface area contributed by atoms with Gasteiger partial charge < -0.3 is 30.3 Å². The highest BCUT2D eigenvalue weighted by Gasteiger charge is 2.52. The summed E-state index contributed by atoms with van der Waals surface area (Å²) in [6, 6.07) is 12.4. The van der Waals surface area contributed by atoms with E-state index in [0.29, 0.717) is 42.6 Å². The number of hydrogen-bond acceptors (Lipinski definition) is 9. The Morgan fingerprint density at radius 3 is 2.20 bits per heavy atom. The van der Waals surface area contributed by atoms with Gasteiger partial charge in [-0.05, 0) is 53.4 Å². The quantitative estimate of drug-likeness (QED) is 0.128. The Hall–Kier alpha value is -5.16. The number of methoxy groups -OCH3 is 1. The average molecular weight is 810 g/mol. The molecule has 3 N–H and O–H groups in total. The third-order valence-corrected chi connectivity index (χ3v) is 9.21. The lowest BCUT2D eigenvalue weighted by molar-refractivity contribution is -0.167. The van der Waals surface area contributed by atoms with Crippen LogP contribution in [0.3, 0.4) is 0 Å². The minimum atomic E-state index is -5.03. The number of halogens is 6. The molecule has 12 nitrogen and oxygen atoms in total. The zero-order valence-corrected chi connectivity index (χ0v) is 31.4. The molecule has 1 aliphatic heterocycles. The molecular formula is C38H41ClF5N5O7. The summed E-state index contributed by atoms with van der Waals surface area (Å²) in [5, 5.41) is 6.58. The number of alkyl halides is 5. The number of amides is 3. The van der Waals surface area contributed by atoms with Crippen molar-refractivity contribution in [3.8, 4) is 5.75 Å². The van der Waals surface area contributed by atoms with Gasteiger partial charge in [0.05, 0.1) is 32.2 Å². The van der Waals surface area contributed by atoms with Crippen LogP contribution in [0.5, 0.6) is 5.75 Å². The number of ketones is 2. The van der Waals surface area contributed by atoms with Crippen LogP contribution in [-0.4, -0.2) is 92.4 Å². The lowest BCUT2D eigenvalue weighted by atomic mass is 9.82. The van der Waals surface area contributed by atoms with Crippen molar-refractivity contribution in [2.75, 3.05) is 44.9 Å². The number of ether oxygens (including phenoxy) is 2. The Morgan fingerprint density at radius 2 is 1.62 bits per heavy atom. The van der Waals surface area contributed by atoms with Gasteiger partial charge in [0.15, 0.2) is 5.78 Å². The molecule has 0 saturated carbocycles. The minimum Gasteiger partial charge on any atom is -0.497 e. The third kappa shape index (κ3) is 11.9. The zero-order valence-electron chi connectivity index (χ0n) is 30.6. The Kier molecular flexibility index (Phi) is 14.9. The van der Waals surface area contributed by atoms with Crippen molar-refractivity contribution in [1.82, 2.24) is 20.9 Å². The van der Waals surface area contributed by atoms with E-state index in [1.54, 1.807) is 30.3 Å². The molecule has 302 valence electrons. The first-order valence-corrected chi connectivity index (χ1v) is 17.9. The number of Topliss-reactive ketones (excluding diaryl/α,β-unsaturated/α-hetero) is 2. The molecule has 2 heterocycles. The number of anilines is 1. The molecule has 3 aromatic rings. The van der Waals surface area contributed by atoms with Gasteiger partial charge in [-0.15, -0.1) is 0 Å². The van der Waals surface area contributed by atoms with E-state index >= 15 is 0 Å². The zero-order chi connectivity index (χ0) is 41.2. The van der Waals surface area contributed by atoms with Gasteiger partial charge in [-0.2, -0.15) is 22.0 Å². The maximum Gasteiger partial charge on any atom is 0.405 e. The fourth-order valence-corrected chi connectivity index (χ4v) is 6.07. The normalized spacial score (nSPS) is 15.0. The van der Waals surface area contributed by atoms with E-state index < -0.39 is 78.3 Å². The molecule has 1 aliphatic rings. The van der Waals surface area contributed by atoms with Crippen molar-refractivity contribution in [3.63, 3.8) is 0 Å². The molecule has 0 spiro atoms. The van der Waals surface area contributed by atoms with Crippen LogP contribution < -0.4 is 25.6 Å². The first-order chi connectivity index (χ1) is 26.4. The van der Waals surface area contributed by atoms with Gasteiger partial charge >= 0.3 is 12.1 Å². The number of hydrogen-bond donors (Lipinski definition) is 3. The number of carbonyl (C=O) groups is 5. The number of nitrogens with one attached hydrogen (secondary N) is 3. The van der Waals surface area contributed by atoms with Crippen molar-refractivity contribution in [2.24, 2.45) is 11.8 Å². The average Bonchev–Trinajstić information content (AvgIpc) is 3.17. The Bertz CT molecular complexity index is 1860. The molecule has 0 aliphatic carbocycles. The topological polar surface area (TPSA) is 156 Å². The molecule has 3 amide bonds. The molecule has 4 rings (SSSR count). The number of pyridine rings is 1. The van der Waals surface area contributed by atoms with Gasteiger partial charge in [0.1, 0.15) is 30.1 Å². The van der Waals surface area contributed by atoms with Crippen molar-refractivity contribution < 1.29 is 55.4 Å². The molecule has 18 heteroatoms. The summed E-state index contributed by atoms with van der Waals surface area (Å²) in [6.07, 6.45) is -4.58. The van der Waals surface area contributed by atoms with Crippen LogP contribution in [-0.2, 0) is 30.3 Å². The molecule has 56 heavy (non-hydrogen) atoms. The molecule has 1 aromatic heterocycles. The Labute approximate surface area is 324 Å². The van der Waals surface area contributed by atoms with E-state index in [1.807, 2.05) is 4.90 Å². The number of aromatic nitrogens is 1. The first-order valence-electron chi connectivity index (χ1n) is 17.5. The molecule has 0 unspecified atom stereocenters. The van der Waals surface area contributed by atoms with E-state index in [9.17, 15) is 45.9 Å². The van der Waals surface area contributed by atoms with Gasteiger partial charge in [-0.1, -0.05) is 49.7 Å². The number of rotatable bonds is 17. The predicted molar refractivity (Wildman–Crippen MR) is 195 cm³/mol. The second kappa shape index (κ2) is 19.1. The Balaban J connectivity index is 1.62. The van der Waals surface area contributed by atoms with Crippen LogP contribution in [0.2, 0.25) is 5.02 Å². The van der Waals surface area contributed by atoms with Crippen molar-refractivity contribution in [2.45, 2.75) is 50.9 Å². The monoisotopic (exact) mass is 809 g/mol. The predicted octanol–water partition coefficient (Wildman–Crippen LogP) is 4.89. The molecule has 1 fully saturated rings. The molecule has 2 aromatic carbocycles. The summed E-state index contributed by atoms with van der Waals surface area (Å²) in [6.45, 7) is 2.87. The van der Waals surface area contributed by atoms with Crippen LogP contribution in [0.15, 0.2) is 66.9 Å². The highest BCUT2D eigenvalue weighted by Crippen LogP contribution is 2.31. The minimum absolute atomic E-state index is 0.0211. The summed E-state index contributed by atoms with van der Waals surface area (Å²) in [4.78, 5) is 73.1. The summed E-state index contributed by atoms with van der Waals surface area (Å²) in [5.74, 6) is -14.5. The number of nitrogens with zero attached hydrogens (tertiary/aromatic N) is 2. The van der Waals surface area contributed by atoms with Gasteiger partial charge in [0.25, 0.3) is 11.8 Å².